The molecule has 35 heavy (non-hydrogen) atoms. The van der Waals surface area contributed by atoms with Crippen molar-refractivity contribution < 1.29 is 4.79 Å². The average Bonchev–Trinajstić information content (AvgIpc) is 3.35. The van der Waals surface area contributed by atoms with Gasteiger partial charge >= 0.3 is 0 Å². The first kappa shape index (κ1) is 23.6. The summed E-state index contributed by atoms with van der Waals surface area (Å²) in [6.07, 6.45) is 6.16. The maximum atomic E-state index is 13.6. The van der Waals surface area contributed by atoms with Crippen LogP contribution in [0.3, 0.4) is 0 Å². The number of aromatic nitrogens is 1. The number of hydrogen-bond acceptors (Lipinski definition) is 3. The fourth-order valence-corrected chi connectivity index (χ4v) is 6.39. The zero-order chi connectivity index (χ0) is 24.5. The van der Waals surface area contributed by atoms with Gasteiger partial charge in [-0.15, -0.1) is 11.3 Å². The average molecular weight is 502 g/mol. The van der Waals surface area contributed by atoms with Crippen molar-refractivity contribution in [1.82, 2.24) is 4.57 Å². The molecule has 0 atom stereocenters. The number of amides is 1. The molecule has 2 aromatic heterocycles. The number of rotatable bonds is 5. The van der Waals surface area contributed by atoms with E-state index in [9.17, 15) is 4.79 Å². The van der Waals surface area contributed by atoms with Gasteiger partial charge in [0.25, 0.3) is 5.91 Å². The monoisotopic (exact) mass is 501 g/mol. The molecule has 0 fully saturated rings. The van der Waals surface area contributed by atoms with Crippen molar-refractivity contribution in [2.45, 2.75) is 46.5 Å². The van der Waals surface area contributed by atoms with Gasteiger partial charge < -0.3 is 9.88 Å². The molecule has 1 aliphatic carbocycles. The van der Waals surface area contributed by atoms with Crippen LogP contribution in [0.2, 0.25) is 5.02 Å². The van der Waals surface area contributed by atoms with E-state index >= 15 is 0 Å². The first-order chi connectivity index (χ1) is 16.9. The summed E-state index contributed by atoms with van der Waals surface area (Å²) in [5.74, 6) is -0.0371. The molecule has 4 nitrogen and oxygen atoms in total. The lowest BCUT2D eigenvalue weighted by Gasteiger charge is -2.14. The minimum absolute atomic E-state index is 0.0371. The van der Waals surface area contributed by atoms with E-state index in [1.807, 2.05) is 61.7 Å². The van der Waals surface area contributed by atoms with Crippen molar-refractivity contribution in [2.75, 3.05) is 5.32 Å². The molecular formula is C29H28ClN3OS. The summed E-state index contributed by atoms with van der Waals surface area (Å²) in [7, 11) is 0. The summed E-state index contributed by atoms with van der Waals surface area (Å²) in [6, 6.07) is 17.6. The standard InChI is InChI=1S/C29H28ClN3OS/c1-18-11-13-23(14-12-18)32-28(34)27-25-9-4-5-10-26(25)35-29(27)33-19(2)15-21(20(33)3)17-31-24-8-6-7-22(30)16-24/h6-8,11-17H,4-5,9-10H2,1-3H3,(H,32,34). The second-order valence-electron chi connectivity index (χ2n) is 9.11. The largest absolute Gasteiger partial charge is 0.322 e. The van der Waals surface area contributed by atoms with Crippen LogP contribution in [0.1, 0.15) is 56.2 Å². The Bertz CT molecular complexity index is 1430. The molecule has 178 valence electrons. The van der Waals surface area contributed by atoms with Gasteiger partial charge in [-0.1, -0.05) is 35.4 Å². The van der Waals surface area contributed by atoms with E-state index in [1.54, 1.807) is 11.3 Å². The van der Waals surface area contributed by atoms with E-state index in [-0.39, 0.29) is 5.91 Å². The van der Waals surface area contributed by atoms with Crippen molar-refractivity contribution in [2.24, 2.45) is 4.99 Å². The van der Waals surface area contributed by atoms with Crippen LogP contribution in [0.5, 0.6) is 0 Å². The van der Waals surface area contributed by atoms with Crippen molar-refractivity contribution >= 4 is 46.4 Å². The summed E-state index contributed by atoms with van der Waals surface area (Å²) in [5.41, 5.74) is 7.99. The van der Waals surface area contributed by atoms with Crippen LogP contribution in [0.4, 0.5) is 11.4 Å². The van der Waals surface area contributed by atoms with Gasteiger partial charge in [0.2, 0.25) is 0 Å². The van der Waals surface area contributed by atoms with E-state index < -0.39 is 0 Å². The molecule has 1 N–H and O–H groups in total. The van der Waals surface area contributed by atoms with Gasteiger partial charge in [0.1, 0.15) is 5.00 Å². The lowest BCUT2D eigenvalue weighted by atomic mass is 9.95. The molecule has 0 spiro atoms. The number of nitrogens with zero attached hydrogens (tertiary/aromatic N) is 2. The summed E-state index contributed by atoms with van der Waals surface area (Å²) in [6.45, 7) is 6.22. The lowest BCUT2D eigenvalue weighted by molar-refractivity contribution is 0.102. The number of hydrogen-bond donors (Lipinski definition) is 1. The van der Waals surface area contributed by atoms with Crippen molar-refractivity contribution in [3.63, 3.8) is 0 Å². The number of benzene rings is 2. The van der Waals surface area contributed by atoms with Crippen molar-refractivity contribution in [1.29, 1.82) is 0 Å². The molecule has 2 heterocycles. The molecule has 1 amide bonds. The maximum Gasteiger partial charge on any atom is 0.258 e. The van der Waals surface area contributed by atoms with E-state index in [0.717, 1.165) is 58.2 Å². The number of carbonyl (C=O) groups is 1. The summed E-state index contributed by atoms with van der Waals surface area (Å²) in [5, 5.41) is 4.81. The van der Waals surface area contributed by atoms with Crippen molar-refractivity contribution in [3.05, 3.63) is 98.1 Å². The topological polar surface area (TPSA) is 46.4 Å². The molecule has 0 radical (unpaired) electrons. The highest BCUT2D eigenvalue weighted by Gasteiger charge is 2.28. The Morgan fingerprint density at radius 2 is 1.83 bits per heavy atom. The fraction of sp³-hybridized carbons (Fsp3) is 0.241. The number of thiophene rings is 1. The van der Waals surface area contributed by atoms with Crippen LogP contribution in [0, 0.1) is 20.8 Å². The lowest BCUT2D eigenvalue weighted by Crippen LogP contribution is -2.17. The first-order valence-corrected chi connectivity index (χ1v) is 13.1. The molecule has 4 aromatic rings. The third kappa shape index (κ3) is 4.84. The van der Waals surface area contributed by atoms with E-state index in [2.05, 4.69) is 34.8 Å². The molecular weight excluding hydrogens is 474 g/mol. The van der Waals surface area contributed by atoms with E-state index in [0.29, 0.717) is 5.02 Å². The smallest absolute Gasteiger partial charge is 0.258 e. The van der Waals surface area contributed by atoms with Gasteiger partial charge in [0.05, 0.1) is 11.3 Å². The van der Waals surface area contributed by atoms with Crippen LogP contribution in [0.25, 0.3) is 5.00 Å². The number of anilines is 1. The highest BCUT2D eigenvalue weighted by Crippen LogP contribution is 2.39. The Kier molecular flexibility index (Phi) is 6.63. The number of aryl methyl sites for hydroxylation is 3. The number of nitrogens with one attached hydrogen (secondary N) is 1. The quantitative estimate of drug-likeness (QED) is 0.277. The third-order valence-electron chi connectivity index (χ3n) is 6.52. The van der Waals surface area contributed by atoms with E-state index in [4.69, 9.17) is 11.6 Å². The zero-order valence-electron chi connectivity index (χ0n) is 20.2. The Balaban J connectivity index is 1.55. The predicted octanol–water partition coefficient (Wildman–Crippen LogP) is 8.00. The normalized spacial score (nSPS) is 13.3. The summed E-state index contributed by atoms with van der Waals surface area (Å²) in [4.78, 5) is 19.6. The number of carbonyl (C=O) groups excluding carboxylic acids is 1. The SMILES string of the molecule is Cc1ccc(NC(=O)c2c(-n3c(C)cc(C=Nc4cccc(Cl)c4)c3C)sc3c2CCCC3)cc1. The van der Waals surface area contributed by atoms with Gasteiger partial charge in [-0.25, -0.2) is 0 Å². The Hall–Kier alpha value is -3.15. The molecule has 0 aliphatic heterocycles. The minimum Gasteiger partial charge on any atom is -0.322 e. The van der Waals surface area contributed by atoms with Gasteiger partial charge in [-0.3, -0.25) is 9.79 Å². The second-order valence-corrected chi connectivity index (χ2v) is 10.6. The van der Waals surface area contributed by atoms with Gasteiger partial charge in [0, 0.05) is 38.8 Å². The summed E-state index contributed by atoms with van der Waals surface area (Å²) < 4.78 is 2.21. The minimum atomic E-state index is -0.0371. The molecule has 1 aliphatic rings. The molecule has 2 aromatic carbocycles. The predicted molar refractivity (Wildman–Crippen MR) is 148 cm³/mol. The number of aliphatic imine (C=N–C) groups is 1. The molecule has 0 saturated heterocycles. The number of fused-ring (bicyclic) bond motifs is 1. The Morgan fingerprint density at radius 3 is 2.60 bits per heavy atom. The molecule has 0 unspecified atom stereocenters. The molecule has 6 heteroatoms. The van der Waals surface area contributed by atoms with Crippen molar-refractivity contribution in [3.8, 4) is 5.00 Å². The summed E-state index contributed by atoms with van der Waals surface area (Å²) >= 11 is 7.87. The van der Waals surface area contributed by atoms with Gasteiger partial charge in [0.15, 0.2) is 0 Å². The first-order valence-electron chi connectivity index (χ1n) is 11.9. The van der Waals surface area contributed by atoms with Crippen LogP contribution >= 0.6 is 22.9 Å². The van der Waals surface area contributed by atoms with Crippen LogP contribution in [-0.2, 0) is 12.8 Å². The Labute approximate surface area is 215 Å². The highest BCUT2D eigenvalue weighted by atomic mass is 35.5. The van der Waals surface area contributed by atoms with Gasteiger partial charge in [-0.05, 0) is 88.4 Å². The van der Waals surface area contributed by atoms with E-state index in [1.165, 1.54) is 22.4 Å². The zero-order valence-corrected chi connectivity index (χ0v) is 21.8. The van der Waals surface area contributed by atoms with Crippen LogP contribution in [0.15, 0.2) is 59.6 Å². The second kappa shape index (κ2) is 9.84. The number of halogens is 1. The molecule has 5 rings (SSSR count). The van der Waals surface area contributed by atoms with Crippen LogP contribution < -0.4 is 5.32 Å². The van der Waals surface area contributed by atoms with Crippen LogP contribution in [-0.4, -0.2) is 16.7 Å². The highest BCUT2D eigenvalue weighted by molar-refractivity contribution is 7.15. The maximum absolute atomic E-state index is 13.6. The fourth-order valence-electron chi connectivity index (χ4n) is 4.70. The van der Waals surface area contributed by atoms with Gasteiger partial charge in [-0.2, -0.15) is 0 Å². The Morgan fingerprint density at radius 1 is 1.06 bits per heavy atom. The molecule has 0 saturated carbocycles. The molecule has 0 bridgehead atoms. The third-order valence-corrected chi connectivity index (χ3v) is 8.04.